The number of carbonyl (C=O) groups excluding carboxylic acids is 1. The van der Waals surface area contributed by atoms with Gasteiger partial charge in [0.05, 0.1) is 11.4 Å². The van der Waals surface area contributed by atoms with Crippen LogP contribution in [0.4, 0.5) is 5.69 Å². The number of amides is 1. The van der Waals surface area contributed by atoms with Crippen LogP contribution in [0, 0.1) is 6.92 Å². The molecule has 1 rings (SSSR count). The summed E-state index contributed by atoms with van der Waals surface area (Å²) >= 11 is 0. The third kappa shape index (κ3) is 3.70. The molecule has 0 atom stereocenters. The molecule has 6 heteroatoms. The van der Waals surface area contributed by atoms with Gasteiger partial charge < -0.3 is 16.0 Å². The molecule has 3 N–H and O–H groups in total. The standard InChI is InChI=1S/C13H25N5O/c1-6-18-12(11(14)10(4)16-18)13(19)15-7-8-17(5)9(2)3/h9H,6-8,14H2,1-5H3,(H,15,19). The predicted molar refractivity (Wildman–Crippen MR) is 77.1 cm³/mol. The van der Waals surface area contributed by atoms with Crippen LogP contribution in [0.5, 0.6) is 0 Å². The number of likely N-dealkylation sites (N-methyl/N-ethyl adjacent to an activating group) is 1. The number of nitrogens with one attached hydrogen (secondary N) is 1. The predicted octanol–water partition coefficient (Wildman–Crippen LogP) is 0.864. The molecular formula is C13H25N5O. The number of aromatic nitrogens is 2. The molecule has 1 aromatic rings. The van der Waals surface area contributed by atoms with Gasteiger partial charge in [-0.15, -0.1) is 0 Å². The van der Waals surface area contributed by atoms with E-state index in [1.807, 2.05) is 20.9 Å². The molecule has 1 heterocycles. The monoisotopic (exact) mass is 267 g/mol. The molecule has 1 aromatic heterocycles. The topological polar surface area (TPSA) is 76.2 Å². The summed E-state index contributed by atoms with van der Waals surface area (Å²) in [6.07, 6.45) is 0. The van der Waals surface area contributed by atoms with E-state index in [0.29, 0.717) is 36.2 Å². The van der Waals surface area contributed by atoms with E-state index in [2.05, 4.69) is 29.2 Å². The summed E-state index contributed by atoms with van der Waals surface area (Å²) in [7, 11) is 2.03. The highest BCUT2D eigenvalue weighted by Gasteiger charge is 2.18. The van der Waals surface area contributed by atoms with E-state index in [1.165, 1.54) is 0 Å². The quantitative estimate of drug-likeness (QED) is 0.801. The van der Waals surface area contributed by atoms with E-state index < -0.39 is 0 Å². The van der Waals surface area contributed by atoms with Crippen molar-refractivity contribution in [3.8, 4) is 0 Å². The first-order valence-electron chi connectivity index (χ1n) is 6.69. The van der Waals surface area contributed by atoms with Crippen LogP contribution in [0.15, 0.2) is 0 Å². The van der Waals surface area contributed by atoms with E-state index in [0.717, 1.165) is 6.54 Å². The molecule has 1 amide bonds. The number of rotatable bonds is 6. The highest BCUT2D eigenvalue weighted by Crippen LogP contribution is 2.15. The SMILES string of the molecule is CCn1nc(C)c(N)c1C(=O)NCCN(C)C(C)C. The zero-order valence-electron chi connectivity index (χ0n) is 12.5. The number of nitrogens with two attached hydrogens (primary N) is 1. The van der Waals surface area contributed by atoms with Crippen molar-refractivity contribution in [3.05, 3.63) is 11.4 Å². The lowest BCUT2D eigenvalue weighted by molar-refractivity contribution is 0.0938. The molecule has 0 saturated carbocycles. The van der Waals surface area contributed by atoms with E-state index in [-0.39, 0.29) is 5.91 Å². The van der Waals surface area contributed by atoms with Crippen molar-refractivity contribution in [3.63, 3.8) is 0 Å². The number of nitrogen functional groups attached to an aromatic ring is 1. The largest absolute Gasteiger partial charge is 0.395 e. The molecule has 0 radical (unpaired) electrons. The van der Waals surface area contributed by atoms with Crippen molar-refractivity contribution in [2.45, 2.75) is 40.3 Å². The van der Waals surface area contributed by atoms with Crippen molar-refractivity contribution in [2.75, 3.05) is 25.9 Å². The number of hydrogen-bond acceptors (Lipinski definition) is 4. The number of hydrogen-bond donors (Lipinski definition) is 2. The first-order valence-corrected chi connectivity index (χ1v) is 6.69. The summed E-state index contributed by atoms with van der Waals surface area (Å²) in [4.78, 5) is 14.3. The molecule has 0 aromatic carbocycles. The zero-order valence-corrected chi connectivity index (χ0v) is 12.5. The molecule has 0 fully saturated rings. The molecule has 0 saturated heterocycles. The molecule has 0 aliphatic heterocycles. The number of aryl methyl sites for hydroxylation is 2. The maximum atomic E-state index is 12.1. The molecule has 108 valence electrons. The molecule has 0 aliphatic rings. The number of anilines is 1. The average Bonchev–Trinajstić information content (AvgIpc) is 2.64. The smallest absolute Gasteiger partial charge is 0.271 e. The second-order valence-electron chi connectivity index (χ2n) is 4.99. The summed E-state index contributed by atoms with van der Waals surface area (Å²) in [6.45, 7) is 10.0. The van der Waals surface area contributed by atoms with Crippen LogP contribution in [-0.4, -0.2) is 46.8 Å². The summed E-state index contributed by atoms with van der Waals surface area (Å²) in [5.74, 6) is -0.155. The third-order valence-corrected chi connectivity index (χ3v) is 3.32. The summed E-state index contributed by atoms with van der Waals surface area (Å²) in [6, 6.07) is 0.463. The Morgan fingerprint density at radius 2 is 2.16 bits per heavy atom. The Labute approximate surface area is 114 Å². The van der Waals surface area contributed by atoms with Gasteiger partial charge in [0.15, 0.2) is 0 Å². The van der Waals surface area contributed by atoms with Gasteiger partial charge in [-0.05, 0) is 34.7 Å². The van der Waals surface area contributed by atoms with Gasteiger partial charge in [-0.3, -0.25) is 9.48 Å². The second-order valence-corrected chi connectivity index (χ2v) is 4.99. The fourth-order valence-corrected chi connectivity index (χ4v) is 1.75. The van der Waals surface area contributed by atoms with E-state index in [1.54, 1.807) is 4.68 Å². The van der Waals surface area contributed by atoms with Crippen LogP contribution >= 0.6 is 0 Å². The molecule has 0 aliphatic carbocycles. The highest BCUT2D eigenvalue weighted by atomic mass is 16.2. The van der Waals surface area contributed by atoms with E-state index >= 15 is 0 Å². The van der Waals surface area contributed by atoms with Crippen LogP contribution in [0.2, 0.25) is 0 Å². The molecule has 19 heavy (non-hydrogen) atoms. The average molecular weight is 267 g/mol. The Kier molecular flexibility index (Phi) is 5.35. The first-order chi connectivity index (χ1) is 8.88. The lowest BCUT2D eigenvalue weighted by Gasteiger charge is -2.20. The normalized spacial score (nSPS) is 11.3. The van der Waals surface area contributed by atoms with Gasteiger partial charge in [0.1, 0.15) is 5.69 Å². The number of carbonyl (C=O) groups is 1. The van der Waals surface area contributed by atoms with Crippen molar-refractivity contribution in [2.24, 2.45) is 0 Å². The minimum Gasteiger partial charge on any atom is -0.395 e. The maximum absolute atomic E-state index is 12.1. The van der Waals surface area contributed by atoms with Gasteiger partial charge in [0, 0.05) is 25.7 Å². The van der Waals surface area contributed by atoms with Gasteiger partial charge in [0.2, 0.25) is 0 Å². The van der Waals surface area contributed by atoms with Crippen LogP contribution in [0.25, 0.3) is 0 Å². The van der Waals surface area contributed by atoms with Gasteiger partial charge in [-0.2, -0.15) is 5.10 Å². The lowest BCUT2D eigenvalue weighted by Crippen LogP contribution is -2.37. The van der Waals surface area contributed by atoms with Gasteiger partial charge in [-0.1, -0.05) is 0 Å². The molecule has 6 nitrogen and oxygen atoms in total. The van der Waals surface area contributed by atoms with Crippen molar-refractivity contribution in [1.29, 1.82) is 0 Å². The second kappa shape index (κ2) is 6.56. The fraction of sp³-hybridized carbons (Fsp3) is 0.692. The van der Waals surface area contributed by atoms with Crippen LogP contribution in [0.1, 0.15) is 37.0 Å². The van der Waals surface area contributed by atoms with Crippen molar-refractivity contribution in [1.82, 2.24) is 20.0 Å². The van der Waals surface area contributed by atoms with Crippen LogP contribution < -0.4 is 11.1 Å². The Morgan fingerprint density at radius 1 is 1.53 bits per heavy atom. The third-order valence-electron chi connectivity index (χ3n) is 3.32. The van der Waals surface area contributed by atoms with Crippen molar-refractivity contribution >= 4 is 11.6 Å². The Morgan fingerprint density at radius 3 is 2.68 bits per heavy atom. The summed E-state index contributed by atoms with van der Waals surface area (Å²) in [5.41, 5.74) is 7.54. The lowest BCUT2D eigenvalue weighted by atomic mass is 10.3. The Bertz CT molecular complexity index is 438. The Balaban J connectivity index is 2.64. The molecule has 0 unspecified atom stereocenters. The minimum atomic E-state index is -0.155. The molecule has 0 spiro atoms. The van der Waals surface area contributed by atoms with Gasteiger partial charge in [-0.25, -0.2) is 0 Å². The van der Waals surface area contributed by atoms with E-state index in [9.17, 15) is 4.79 Å². The van der Waals surface area contributed by atoms with Gasteiger partial charge >= 0.3 is 0 Å². The zero-order chi connectivity index (χ0) is 14.6. The summed E-state index contributed by atoms with van der Waals surface area (Å²) < 4.78 is 1.64. The minimum absolute atomic E-state index is 0.155. The van der Waals surface area contributed by atoms with Crippen molar-refractivity contribution < 1.29 is 4.79 Å². The van der Waals surface area contributed by atoms with E-state index in [4.69, 9.17) is 5.73 Å². The van der Waals surface area contributed by atoms with Gasteiger partial charge in [0.25, 0.3) is 5.91 Å². The molecule has 0 bridgehead atoms. The number of nitrogens with zero attached hydrogens (tertiary/aromatic N) is 3. The van der Waals surface area contributed by atoms with Crippen LogP contribution in [-0.2, 0) is 6.54 Å². The first kappa shape index (κ1) is 15.5. The maximum Gasteiger partial charge on any atom is 0.271 e. The molecular weight excluding hydrogens is 242 g/mol. The fourth-order valence-electron chi connectivity index (χ4n) is 1.75. The Hall–Kier alpha value is -1.56. The van der Waals surface area contributed by atoms with Crippen LogP contribution in [0.3, 0.4) is 0 Å². The summed E-state index contributed by atoms with van der Waals surface area (Å²) in [5, 5.41) is 7.13. The highest BCUT2D eigenvalue weighted by molar-refractivity contribution is 5.97.